The van der Waals surface area contributed by atoms with Gasteiger partial charge in [-0.15, -0.1) is 0 Å². The minimum Gasteiger partial charge on any atom is -0.335 e. The fourth-order valence-electron chi connectivity index (χ4n) is 2.78. The third-order valence-electron chi connectivity index (χ3n) is 3.97. The van der Waals surface area contributed by atoms with Gasteiger partial charge >= 0.3 is 6.03 Å². The Labute approximate surface area is 162 Å². The number of likely N-dealkylation sites (N-methyl/N-ethyl adjacent to an activating group) is 1. The number of nitrogens with zero attached hydrogens (tertiary/aromatic N) is 1. The van der Waals surface area contributed by atoms with Crippen LogP contribution in [-0.4, -0.2) is 48.9 Å². The number of imide groups is 1. The predicted octanol–water partition coefficient (Wildman–Crippen LogP) is 2.63. The lowest BCUT2D eigenvalue weighted by Gasteiger charge is -2.17. The highest BCUT2D eigenvalue weighted by Crippen LogP contribution is 2.24. The quantitative estimate of drug-likeness (QED) is 0.684. The number of anilines is 1. The van der Waals surface area contributed by atoms with Crippen LogP contribution in [0.2, 0.25) is 10.0 Å². The van der Waals surface area contributed by atoms with Crippen LogP contribution in [-0.2, 0) is 9.59 Å². The highest BCUT2D eigenvalue weighted by atomic mass is 35.5. The smallest absolute Gasteiger partial charge is 0.321 e. The number of carbonyl (C=O) groups excluding carboxylic acids is 3. The molecular weight excluding hydrogens is 379 g/mol. The minimum absolute atomic E-state index is 0.0160. The molecule has 1 fully saturated rings. The summed E-state index contributed by atoms with van der Waals surface area (Å²) in [6.07, 6.45) is 4.07. The largest absolute Gasteiger partial charge is 0.335 e. The van der Waals surface area contributed by atoms with Crippen molar-refractivity contribution in [1.29, 1.82) is 0 Å². The van der Waals surface area contributed by atoms with Crippen molar-refractivity contribution in [2.75, 3.05) is 25.5 Å². The second-order valence-electron chi connectivity index (χ2n) is 6.35. The molecule has 26 heavy (non-hydrogen) atoms. The van der Waals surface area contributed by atoms with Gasteiger partial charge in [0.2, 0.25) is 11.8 Å². The molecule has 0 radical (unpaired) electrons. The minimum atomic E-state index is -0.490. The van der Waals surface area contributed by atoms with Crippen molar-refractivity contribution in [3.8, 4) is 0 Å². The van der Waals surface area contributed by atoms with E-state index in [-0.39, 0.29) is 25.0 Å². The van der Waals surface area contributed by atoms with E-state index < -0.39 is 11.9 Å². The first kappa shape index (κ1) is 20.5. The molecule has 7 nitrogen and oxygen atoms in total. The van der Waals surface area contributed by atoms with Crippen LogP contribution < -0.4 is 16.0 Å². The maximum absolute atomic E-state index is 12.0. The number of rotatable bonds is 6. The van der Waals surface area contributed by atoms with Gasteiger partial charge in [-0.1, -0.05) is 36.0 Å². The Bertz CT molecular complexity index is 678. The summed E-state index contributed by atoms with van der Waals surface area (Å²) in [6, 6.07) is 4.40. The molecule has 0 heterocycles. The van der Waals surface area contributed by atoms with Crippen molar-refractivity contribution < 1.29 is 14.4 Å². The van der Waals surface area contributed by atoms with E-state index >= 15 is 0 Å². The van der Waals surface area contributed by atoms with Gasteiger partial charge < -0.3 is 10.6 Å². The van der Waals surface area contributed by atoms with Gasteiger partial charge in [0.1, 0.15) is 0 Å². The van der Waals surface area contributed by atoms with E-state index in [0.29, 0.717) is 15.7 Å². The van der Waals surface area contributed by atoms with Crippen LogP contribution >= 0.6 is 23.2 Å². The number of hydrogen-bond donors (Lipinski definition) is 3. The first-order valence-electron chi connectivity index (χ1n) is 8.37. The Hall–Kier alpha value is -1.83. The summed E-state index contributed by atoms with van der Waals surface area (Å²) >= 11 is 11.7. The van der Waals surface area contributed by atoms with Crippen molar-refractivity contribution in [3.05, 3.63) is 28.2 Å². The van der Waals surface area contributed by atoms with E-state index in [2.05, 4.69) is 16.0 Å². The molecule has 3 N–H and O–H groups in total. The van der Waals surface area contributed by atoms with Gasteiger partial charge in [0.15, 0.2) is 0 Å². The first-order chi connectivity index (χ1) is 12.3. The second kappa shape index (κ2) is 9.75. The molecule has 1 aromatic carbocycles. The Kier molecular flexibility index (Phi) is 7.68. The molecule has 0 unspecified atom stereocenters. The molecule has 1 aliphatic carbocycles. The van der Waals surface area contributed by atoms with Crippen molar-refractivity contribution in [2.45, 2.75) is 31.7 Å². The summed E-state index contributed by atoms with van der Waals surface area (Å²) in [6.45, 7) is -0.0925. The molecule has 0 bridgehead atoms. The Morgan fingerprint density at radius 1 is 1.08 bits per heavy atom. The third kappa shape index (κ3) is 6.82. The van der Waals surface area contributed by atoms with Crippen LogP contribution in [0, 0.1) is 0 Å². The van der Waals surface area contributed by atoms with E-state index in [1.165, 1.54) is 4.90 Å². The molecule has 0 saturated heterocycles. The normalized spacial score (nSPS) is 14.3. The summed E-state index contributed by atoms with van der Waals surface area (Å²) in [5.41, 5.74) is 0.512. The van der Waals surface area contributed by atoms with Crippen molar-refractivity contribution >= 4 is 46.7 Å². The monoisotopic (exact) mass is 400 g/mol. The zero-order valence-electron chi connectivity index (χ0n) is 14.5. The first-order valence-corrected chi connectivity index (χ1v) is 9.13. The van der Waals surface area contributed by atoms with Gasteiger partial charge in [-0.05, 0) is 38.1 Å². The topological polar surface area (TPSA) is 90.5 Å². The molecule has 0 spiro atoms. The fourth-order valence-corrected chi connectivity index (χ4v) is 3.08. The number of urea groups is 1. The molecule has 0 aromatic heterocycles. The third-order valence-corrected chi connectivity index (χ3v) is 4.71. The highest BCUT2D eigenvalue weighted by Gasteiger charge is 2.19. The zero-order valence-corrected chi connectivity index (χ0v) is 16.0. The van der Waals surface area contributed by atoms with Crippen LogP contribution in [0.15, 0.2) is 18.2 Å². The van der Waals surface area contributed by atoms with Gasteiger partial charge in [-0.25, -0.2) is 4.79 Å². The van der Waals surface area contributed by atoms with Gasteiger partial charge in [0.05, 0.1) is 23.1 Å². The zero-order chi connectivity index (χ0) is 19.1. The van der Waals surface area contributed by atoms with E-state index in [4.69, 9.17) is 23.2 Å². The van der Waals surface area contributed by atoms with Gasteiger partial charge in [0.25, 0.3) is 0 Å². The van der Waals surface area contributed by atoms with Crippen molar-refractivity contribution in [1.82, 2.24) is 15.5 Å². The van der Waals surface area contributed by atoms with Gasteiger partial charge in [0, 0.05) is 11.7 Å². The molecular formula is C17H22Cl2N4O3. The molecule has 4 amide bonds. The molecule has 9 heteroatoms. The Morgan fingerprint density at radius 3 is 2.38 bits per heavy atom. The Balaban J connectivity index is 1.71. The lowest BCUT2D eigenvalue weighted by molar-refractivity contribution is -0.122. The maximum atomic E-state index is 12.0. The molecule has 1 aromatic rings. The van der Waals surface area contributed by atoms with E-state index in [1.807, 2.05) is 0 Å². The standard InChI is InChI=1S/C17H22Cl2N4O3/c1-23(9-15(24)20-12-6-7-13(18)14(19)8-12)10-16(25)22-17(26)21-11-4-2-3-5-11/h6-8,11H,2-5,9-10H2,1H3,(H,20,24)(H2,21,22,25,26). The molecule has 142 valence electrons. The number of carbonyl (C=O) groups is 3. The summed E-state index contributed by atoms with van der Waals surface area (Å²) < 4.78 is 0. The lowest BCUT2D eigenvalue weighted by atomic mass is 10.2. The number of nitrogens with one attached hydrogen (secondary N) is 3. The molecule has 1 aliphatic rings. The van der Waals surface area contributed by atoms with E-state index in [9.17, 15) is 14.4 Å². The summed E-state index contributed by atoms with van der Waals surface area (Å²) in [4.78, 5) is 37.1. The van der Waals surface area contributed by atoms with Crippen LogP contribution in [0.1, 0.15) is 25.7 Å². The van der Waals surface area contributed by atoms with Gasteiger partial charge in [-0.2, -0.15) is 0 Å². The average molecular weight is 401 g/mol. The van der Waals surface area contributed by atoms with Crippen LogP contribution in [0.25, 0.3) is 0 Å². The number of benzene rings is 1. The van der Waals surface area contributed by atoms with Gasteiger partial charge in [-0.3, -0.25) is 19.8 Å². The molecule has 2 rings (SSSR count). The van der Waals surface area contributed by atoms with E-state index in [0.717, 1.165) is 25.7 Å². The van der Waals surface area contributed by atoms with E-state index in [1.54, 1.807) is 25.2 Å². The molecule has 0 aliphatic heterocycles. The van der Waals surface area contributed by atoms with Crippen molar-refractivity contribution in [3.63, 3.8) is 0 Å². The summed E-state index contributed by atoms with van der Waals surface area (Å²) in [5.74, 6) is -0.778. The summed E-state index contributed by atoms with van der Waals surface area (Å²) in [5, 5.41) is 8.46. The fraction of sp³-hybridized carbons (Fsp3) is 0.471. The summed E-state index contributed by atoms with van der Waals surface area (Å²) in [7, 11) is 1.61. The van der Waals surface area contributed by atoms with Crippen LogP contribution in [0.4, 0.5) is 10.5 Å². The average Bonchev–Trinajstić information content (AvgIpc) is 3.03. The molecule has 1 saturated carbocycles. The Morgan fingerprint density at radius 2 is 1.73 bits per heavy atom. The van der Waals surface area contributed by atoms with Crippen molar-refractivity contribution in [2.24, 2.45) is 0 Å². The maximum Gasteiger partial charge on any atom is 0.321 e. The molecule has 0 atom stereocenters. The van der Waals surface area contributed by atoms with Crippen LogP contribution in [0.3, 0.4) is 0 Å². The van der Waals surface area contributed by atoms with Crippen LogP contribution in [0.5, 0.6) is 0 Å². The highest BCUT2D eigenvalue weighted by molar-refractivity contribution is 6.42. The number of hydrogen-bond acceptors (Lipinski definition) is 4. The predicted molar refractivity (Wildman–Crippen MR) is 102 cm³/mol. The number of halogens is 2. The number of amides is 4. The lowest BCUT2D eigenvalue weighted by Crippen LogP contribution is -2.47. The second-order valence-corrected chi connectivity index (χ2v) is 7.17. The SMILES string of the molecule is CN(CC(=O)NC(=O)NC1CCCC1)CC(=O)Nc1ccc(Cl)c(Cl)c1.